The van der Waals surface area contributed by atoms with Gasteiger partial charge in [0, 0.05) is 18.9 Å². The highest BCUT2D eigenvalue weighted by Gasteiger charge is 1.96. The van der Waals surface area contributed by atoms with E-state index in [2.05, 4.69) is 0 Å². The number of hydrogen-bond donors (Lipinski definition) is 2. The minimum atomic E-state index is -0.324. The molecule has 0 aromatic heterocycles. The Hall–Kier alpha value is -1.22. The lowest BCUT2D eigenvalue weighted by Crippen LogP contribution is -1.86. The second-order valence-corrected chi connectivity index (χ2v) is 2.17. The maximum atomic E-state index is 12.7. The summed E-state index contributed by atoms with van der Waals surface area (Å²) in [5.41, 5.74) is 1.22. The van der Waals surface area contributed by atoms with Crippen LogP contribution in [0.5, 0.6) is 0 Å². The quantitative estimate of drug-likeness (QED) is 0.618. The first-order valence-corrected chi connectivity index (χ1v) is 3.45. The normalized spacial score (nSPS) is 8.33. The van der Waals surface area contributed by atoms with Gasteiger partial charge in [0.15, 0.2) is 0 Å². The number of aliphatic hydroxyl groups is 1. The van der Waals surface area contributed by atoms with Gasteiger partial charge in [-0.3, -0.25) is 0 Å². The Morgan fingerprint density at radius 1 is 1.42 bits per heavy atom. The molecule has 0 saturated carbocycles. The second-order valence-electron chi connectivity index (χ2n) is 2.17. The van der Waals surface area contributed by atoms with Gasteiger partial charge in [-0.15, -0.1) is 0 Å². The van der Waals surface area contributed by atoms with Crippen molar-refractivity contribution in [3.8, 4) is 0 Å². The minimum Gasteiger partial charge on any atom is -0.400 e. The monoisotopic (exact) mass is 169 g/mol. The molecule has 3 heteroatoms. The summed E-state index contributed by atoms with van der Waals surface area (Å²) in [5.74, 6) is -0.324. The van der Waals surface area contributed by atoms with Gasteiger partial charge in [0.1, 0.15) is 5.82 Å². The van der Waals surface area contributed by atoms with Crippen LogP contribution in [0.1, 0.15) is 11.1 Å². The first kappa shape index (κ1) is 10.8. The second kappa shape index (κ2) is 5.43. The van der Waals surface area contributed by atoms with E-state index < -0.39 is 0 Å². The minimum absolute atomic E-state index is 0.324. The number of halogens is 1. The van der Waals surface area contributed by atoms with Crippen LogP contribution in [0.2, 0.25) is 0 Å². The Bertz CT molecular complexity index is 261. The standard InChI is InChI=1S/C8H8FN.CH4O/c1-6-2-3-7(5-10)8(9)4-6;1-2/h2-5,10H,1H3;2H,1H3. The molecule has 12 heavy (non-hydrogen) atoms. The molecule has 0 atom stereocenters. The van der Waals surface area contributed by atoms with Crippen molar-refractivity contribution in [1.82, 2.24) is 0 Å². The summed E-state index contributed by atoms with van der Waals surface area (Å²) in [6.45, 7) is 1.82. The van der Waals surface area contributed by atoms with E-state index in [-0.39, 0.29) is 5.82 Å². The molecule has 0 aliphatic rings. The Balaban J connectivity index is 0.000000561. The van der Waals surface area contributed by atoms with Crippen molar-refractivity contribution in [3.63, 3.8) is 0 Å². The predicted molar refractivity (Wildman–Crippen MR) is 47.2 cm³/mol. The average Bonchev–Trinajstić information content (AvgIpc) is 2.08. The molecule has 2 nitrogen and oxygen atoms in total. The van der Waals surface area contributed by atoms with Gasteiger partial charge in [-0.25, -0.2) is 4.39 Å². The topological polar surface area (TPSA) is 44.1 Å². The van der Waals surface area contributed by atoms with Crippen LogP contribution in [0.3, 0.4) is 0 Å². The van der Waals surface area contributed by atoms with E-state index in [1.807, 2.05) is 6.92 Å². The lowest BCUT2D eigenvalue weighted by atomic mass is 10.1. The summed E-state index contributed by atoms with van der Waals surface area (Å²) < 4.78 is 12.7. The van der Waals surface area contributed by atoms with Gasteiger partial charge >= 0.3 is 0 Å². The molecule has 1 aromatic rings. The van der Waals surface area contributed by atoms with Crippen LogP contribution in [-0.4, -0.2) is 18.4 Å². The smallest absolute Gasteiger partial charge is 0.132 e. The zero-order chi connectivity index (χ0) is 9.56. The van der Waals surface area contributed by atoms with E-state index in [1.165, 1.54) is 6.07 Å². The molecule has 0 radical (unpaired) electrons. The zero-order valence-corrected chi connectivity index (χ0v) is 7.13. The fourth-order valence-corrected chi connectivity index (χ4v) is 0.749. The molecule has 66 valence electrons. The molecule has 0 spiro atoms. The van der Waals surface area contributed by atoms with E-state index in [4.69, 9.17) is 10.5 Å². The molecule has 0 unspecified atom stereocenters. The van der Waals surface area contributed by atoms with Crippen LogP contribution in [-0.2, 0) is 0 Å². The first-order valence-electron chi connectivity index (χ1n) is 3.45. The SMILES string of the molecule is CO.Cc1ccc(C=N)c(F)c1. The fraction of sp³-hybridized carbons (Fsp3) is 0.222. The molecular weight excluding hydrogens is 157 g/mol. The molecule has 0 amide bonds. The predicted octanol–water partition coefficient (Wildman–Crippen LogP) is 1.74. The number of hydrogen-bond acceptors (Lipinski definition) is 2. The summed E-state index contributed by atoms with van der Waals surface area (Å²) in [4.78, 5) is 0. The summed E-state index contributed by atoms with van der Waals surface area (Å²) >= 11 is 0. The molecular formula is C9H12FNO. The van der Waals surface area contributed by atoms with E-state index in [0.717, 1.165) is 18.9 Å². The Labute approximate surface area is 71.2 Å². The zero-order valence-electron chi connectivity index (χ0n) is 7.13. The van der Waals surface area contributed by atoms with Gasteiger partial charge in [-0.1, -0.05) is 12.1 Å². The van der Waals surface area contributed by atoms with Crippen molar-refractivity contribution >= 4 is 6.21 Å². The maximum Gasteiger partial charge on any atom is 0.132 e. The molecule has 0 heterocycles. The maximum absolute atomic E-state index is 12.7. The highest BCUT2D eigenvalue weighted by atomic mass is 19.1. The van der Waals surface area contributed by atoms with Gasteiger partial charge < -0.3 is 10.5 Å². The van der Waals surface area contributed by atoms with Crippen molar-refractivity contribution in [2.75, 3.05) is 7.11 Å². The third-order valence-electron chi connectivity index (χ3n) is 1.31. The lowest BCUT2D eigenvalue weighted by molar-refractivity contribution is 0.399. The average molecular weight is 169 g/mol. The van der Waals surface area contributed by atoms with E-state index in [1.54, 1.807) is 12.1 Å². The van der Waals surface area contributed by atoms with Crippen molar-refractivity contribution < 1.29 is 9.50 Å². The van der Waals surface area contributed by atoms with Crippen molar-refractivity contribution in [2.45, 2.75) is 6.92 Å². The van der Waals surface area contributed by atoms with E-state index in [9.17, 15) is 4.39 Å². The van der Waals surface area contributed by atoms with E-state index in [0.29, 0.717) is 5.56 Å². The molecule has 1 aromatic carbocycles. The fourth-order valence-electron chi connectivity index (χ4n) is 0.749. The number of benzene rings is 1. The van der Waals surface area contributed by atoms with Crippen LogP contribution in [0.4, 0.5) is 4.39 Å². The van der Waals surface area contributed by atoms with Gasteiger partial charge in [-0.05, 0) is 18.6 Å². The largest absolute Gasteiger partial charge is 0.400 e. The van der Waals surface area contributed by atoms with Gasteiger partial charge in [-0.2, -0.15) is 0 Å². The van der Waals surface area contributed by atoms with Crippen LogP contribution < -0.4 is 0 Å². The first-order chi connectivity index (χ1) is 5.74. The van der Waals surface area contributed by atoms with Crippen molar-refractivity contribution in [3.05, 3.63) is 35.1 Å². The number of nitrogens with one attached hydrogen (secondary N) is 1. The molecule has 2 N–H and O–H groups in total. The summed E-state index contributed by atoms with van der Waals surface area (Å²) in [5, 5.41) is 13.8. The molecule has 1 rings (SSSR count). The third kappa shape index (κ3) is 2.80. The summed E-state index contributed by atoms with van der Waals surface area (Å²) in [7, 11) is 1.00. The van der Waals surface area contributed by atoms with Gasteiger partial charge in [0.2, 0.25) is 0 Å². The molecule has 0 aliphatic carbocycles. The molecule has 0 bridgehead atoms. The molecule has 0 aliphatic heterocycles. The van der Waals surface area contributed by atoms with Crippen LogP contribution in [0, 0.1) is 18.2 Å². The van der Waals surface area contributed by atoms with Gasteiger partial charge in [0.25, 0.3) is 0 Å². The van der Waals surface area contributed by atoms with E-state index >= 15 is 0 Å². The van der Waals surface area contributed by atoms with Crippen LogP contribution >= 0.6 is 0 Å². The molecule has 0 saturated heterocycles. The number of aryl methyl sites for hydroxylation is 1. The highest BCUT2D eigenvalue weighted by Crippen LogP contribution is 2.06. The van der Waals surface area contributed by atoms with Crippen LogP contribution in [0.25, 0.3) is 0 Å². The Morgan fingerprint density at radius 2 is 2.00 bits per heavy atom. The number of aliphatic hydroxyl groups excluding tert-OH is 1. The number of rotatable bonds is 1. The van der Waals surface area contributed by atoms with Gasteiger partial charge in [0.05, 0.1) is 0 Å². The molecule has 0 fully saturated rings. The summed E-state index contributed by atoms with van der Waals surface area (Å²) in [6, 6.07) is 4.79. The van der Waals surface area contributed by atoms with Crippen LogP contribution in [0.15, 0.2) is 18.2 Å². The third-order valence-corrected chi connectivity index (χ3v) is 1.31. The van der Waals surface area contributed by atoms with Crippen molar-refractivity contribution in [2.24, 2.45) is 0 Å². The Kier molecular flexibility index (Phi) is 4.88. The lowest BCUT2D eigenvalue weighted by Gasteiger charge is -1.95. The Morgan fingerprint density at radius 3 is 2.42 bits per heavy atom. The highest BCUT2D eigenvalue weighted by molar-refractivity contribution is 5.77. The van der Waals surface area contributed by atoms with Crippen molar-refractivity contribution in [1.29, 1.82) is 5.41 Å². The summed E-state index contributed by atoms with van der Waals surface area (Å²) in [6.07, 6.45) is 1.01.